The van der Waals surface area contributed by atoms with Crippen molar-refractivity contribution in [2.45, 2.75) is 32.6 Å². The molecule has 0 aromatic carbocycles. The molecule has 0 nitrogen and oxygen atoms in total. The van der Waals surface area contributed by atoms with Crippen molar-refractivity contribution in [3.63, 3.8) is 0 Å². The highest BCUT2D eigenvalue weighted by Gasteiger charge is 2.85. The van der Waals surface area contributed by atoms with E-state index in [-0.39, 0.29) is 0 Å². The molecular weight excluding hydrogens is 156 g/mol. The fourth-order valence-electron chi connectivity index (χ4n) is 3.40. The predicted octanol–water partition coefficient (Wildman–Crippen LogP) is 3.22. The van der Waals surface area contributed by atoms with E-state index in [1.807, 2.05) is 0 Å². The standard InChI is InChI=1S/C13H14/c1-3-5-6-11-8-13(11)9-12(13)7-10(12)4-2/h10H,1,4,7-9H2,2H3. The Morgan fingerprint density at radius 3 is 3.08 bits per heavy atom. The third-order valence-electron chi connectivity index (χ3n) is 4.40. The topological polar surface area (TPSA) is 0 Å². The fourth-order valence-corrected chi connectivity index (χ4v) is 3.40. The third-order valence-corrected chi connectivity index (χ3v) is 4.40. The Morgan fingerprint density at radius 1 is 1.62 bits per heavy atom. The minimum atomic E-state index is 0.623. The number of hydrogen-bond donors (Lipinski definition) is 0. The molecule has 0 heteroatoms. The molecular formula is C13H14. The Balaban J connectivity index is 1.87. The number of allylic oxidation sites excluding steroid dienone is 1. The summed E-state index contributed by atoms with van der Waals surface area (Å²) in [6.45, 7) is 5.82. The van der Waals surface area contributed by atoms with Crippen LogP contribution in [0.4, 0.5) is 0 Å². The lowest BCUT2D eigenvalue weighted by Gasteiger charge is -1.87. The van der Waals surface area contributed by atoms with Crippen molar-refractivity contribution >= 4 is 0 Å². The highest BCUT2D eigenvalue weighted by molar-refractivity contribution is 5.50. The molecule has 0 amide bonds. The summed E-state index contributed by atoms with van der Waals surface area (Å²) in [5.74, 6) is 1.03. The van der Waals surface area contributed by atoms with Crippen molar-refractivity contribution in [2.24, 2.45) is 16.7 Å². The van der Waals surface area contributed by atoms with Crippen LogP contribution < -0.4 is 0 Å². The summed E-state index contributed by atoms with van der Waals surface area (Å²) in [5, 5.41) is 0. The Hall–Kier alpha value is -0.920. The molecule has 0 aromatic rings. The molecule has 3 saturated carbocycles. The minimum Gasteiger partial charge on any atom is -0.0693 e. The van der Waals surface area contributed by atoms with Crippen molar-refractivity contribution in [2.75, 3.05) is 0 Å². The van der Waals surface area contributed by atoms with E-state index < -0.39 is 0 Å². The van der Waals surface area contributed by atoms with Gasteiger partial charge in [-0.15, -0.1) is 0 Å². The molecule has 3 rings (SSSR count). The molecule has 13 heavy (non-hydrogen) atoms. The van der Waals surface area contributed by atoms with Gasteiger partial charge in [0.05, 0.1) is 0 Å². The van der Waals surface area contributed by atoms with Crippen LogP contribution in [0, 0.1) is 16.7 Å². The van der Waals surface area contributed by atoms with Crippen LogP contribution in [-0.2, 0) is 0 Å². The minimum absolute atomic E-state index is 0.623. The van der Waals surface area contributed by atoms with Gasteiger partial charge in [-0.2, -0.15) is 0 Å². The summed E-state index contributed by atoms with van der Waals surface area (Å²) in [7, 11) is 0. The molecule has 0 radical (unpaired) electrons. The molecule has 66 valence electrons. The Kier molecular flexibility index (Phi) is 1.12. The van der Waals surface area contributed by atoms with Crippen LogP contribution in [0.2, 0.25) is 0 Å². The monoisotopic (exact) mass is 170 g/mol. The molecule has 3 atom stereocenters. The zero-order valence-electron chi connectivity index (χ0n) is 8.11. The van der Waals surface area contributed by atoms with E-state index in [2.05, 4.69) is 30.7 Å². The van der Waals surface area contributed by atoms with E-state index in [1.54, 1.807) is 0 Å². The molecule has 0 bridgehead atoms. The largest absolute Gasteiger partial charge is 0.0693 e. The van der Waals surface area contributed by atoms with Crippen molar-refractivity contribution in [1.29, 1.82) is 0 Å². The maximum absolute atomic E-state index is 3.50. The average molecular weight is 170 g/mol. The van der Waals surface area contributed by atoms with Crippen LogP contribution in [0.1, 0.15) is 32.6 Å². The van der Waals surface area contributed by atoms with Gasteiger partial charge < -0.3 is 0 Å². The first-order valence-electron chi connectivity index (χ1n) is 5.18. The summed E-state index contributed by atoms with van der Waals surface area (Å²) >= 11 is 0. The maximum Gasteiger partial charge on any atom is 0.0103 e. The highest BCUT2D eigenvalue weighted by atomic mass is 14.9. The molecule has 0 saturated heterocycles. The van der Waals surface area contributed by atoms with E-state index in [4.69, 9.17) is 0 Å². The quantitative estimate of drug-likeness (QED) is 0.530. The van der Waals surface area contributed by atoms with Crippen LogP contribution in [0.5, 0.6) is 0 Å². The van der Waals surface area contributed by atoms with Crippen molar-refractivity contribution in [1.82, 2.24) is 0 Å². The summed E-state index contributed by atoms with van der Waals surface area (Å²) in [4.78, 5) is 0. The van der Waals surface area contributed by atoms with Crippen molar-refractivity contribution in [3.8, 4) is 0 Å². The van der Waals surface area contributed by atoms with E-state index >= 15 is 0 Å². The summed E-state index contributed by atoms with van der Waals surface area (Å²) in [5.41, 5.74) is 11.6. The van der Waals surface area contributed by atoms with Gasteiger partial charge in [-0.3, -0.25) is 0 Å². The van der Waals surface area contributed by atoms with Gasteiger partial charge in [0.2, 0.25) is 0 Å². The van der Waals surface area contributed by atoms with Gasteiger partial charge in [0, 0.05) is 5.41 Å². The lowest BCUT2D eigenvalue weighted by atomic mass is 10.2. The van der Waals surface area contributed by atoms with Gasteiger partial charge in [-0.1, -0.05) is 24.8 Å². The summed E-state index contributed by atoms with van der Waals surface area (Å²) in [6.07, 6.45) is 5.58. The lowest BCUT2D eigenvalue weighted by Crippen LogP contribution is -1.82. The molecule has 0 heterocycles. The van der Waals surface area contributed by atoms with Crippen LogP contribution in [0.3, 0.4) is 0 Å². The van der Waals surface area contributed by atoms with Gasteiger partial charge in [-0.05, 0) is 48.5 Å². The number of rotatable bonds is 1. The fraction of sp³-hybridized carbons (Fsp3) is 0.615. The molecule has 0 aliphatic heterocycles. The summed E-state index contributed by atoms with van der Waals surface area (Å²) in [6, 6.07) is 0. The van der Waals surface area contributed by atoms with E-state index in [9.17, 15) is 0 Å². The second-order valence-electron chi connectivity index (χ2n) is 4.81. The van der Waals surface area contributed by atoms with E-state index in [0.717, 1.165) is 11.3 Å². The van der Waals surface area contributed by atoms with Crippen LogP contribution in [0.25, 0.3) is 0 Å². The zero-order chi connectivity index (χ0) is 9.10. The summed E-state index contributed by atoms with van der Waals surface area (Å²) < 4.78 is 0. The second kappa shape index (κ2) is 1.94. The molecule has 3 fully saturated rings. The Bertz CT molecular complexity index is 398. The highest BCUT2D eigenvalue weighted by Crippen LogP contribution is 2.93. The van der Waals surface area contributed by atoms with Crippen molar-refractivity contribution in [3.05, 3.63) is 29.3 Å². The Morgan fingerprint density at radius 2 is 2.46 bits per heavy atom. The van der Waals surface area contributed by atoms with Gasteiger partial charge in [-0.25, -0.2) is 0 Å². The first-order valence-corrected chi connectivity index (χ1v) is 5.18. The molecule has 0 N–H and O–H groups in total. The molecule has 3 aliphatic carbocycles. The number of hydrogen-bond acceptors (Lipinski definition) is 0. The van der Waals surface area contributed by atoms with Crippen LogP contribution >= 0.6 is 0 Å². The average Bonchev–Trinajstić information content (AvgIpc) is 3.03. The molecule has 0 aromatic heterocycles. The first-order chi connectivity index (χ1) is 6.29. The normalized spacial score (nSPS) is 48.4. The zero-order valence-corrected chi connectivity index (χ0v) is 8.11. The van der Waals surface area contributed by atoms with Gasteiger partial charge in [0.15, 0.2) is 0 Å². The lowest BCUT2D eigenvalue weighted by molar-refractivity contribution is 0.623. The van der Waals surface area contributed by atoms with Crippen LogP contribution in [-0.4, -0.2) is 0 Å². The molecule has 2 spiro atoms. The first kappa shape index (κ1) is 7.48. The predicted molar refractivity (Wildman–Crippen MR) is 52.2 cm³/mol. The van der Waals surface area contributed by atoms with Gasteiger partial charge in [0.1, 0.15) is 0 Å². The van der Waals surface area contributed by atoms with Crippen molar-refractivity contribution < 1.29 is 0 Å². The van der Waals surface area contributed by atoms with Crippen LogP contribution in [0.15, 0.2) is 29.3 Å². The maximum atomic E-state index is 3.50. The molecule has 3 unspecified atom stereocenters. The van der Waals surface area contributed by atoms with E-state index in [1.165, 1.54) is 31.3 Å². The SMILES string of the molecule is C=C=C=C=C1CC12CC21CC1CC. The molecule has 3 aliphatic rings. The van der Waals surface area contributed by atoms with Gasteiger partial charge >= 0.3 is 0 Å². The smallest absolute Gasteiger partial charge is 0.0103 e. The third kappa shape index (κ3) is 0.702. The Labute approximate surface area is 79.3 Å². The van der Waals surface area contributed by atoms with Gasteiger partial charge in [0.25, 0.3) is 0 Å². The second-order valence-corrected chi connectivity index (χ2v) is 4.81. The van der Waals surface area contributed by atoms with E-state index in [0.29, 0.717) is 5.41 Å². The number of fused-ring (bicyclic) bond motifs is 1.